The molecule has 20 N–H and O–H groups in total. The second kappa shape index (κ2) is 42.2. The number of aromatic nitrogens is 3. The highest BCUT2D eigenvalue weighted by Gasteiger charge is 2.45. The number of amides is 12. The summed E-state index contributed by atoms with van der Waals surface area (Å²) in [5.41, 5.74) is 11.1. The first-order valence-corrected chi connectivity index (χ1v) is 35.7. The molecule has 0 spiro atoms. The number of H-pyrrole nitrogens is 2. The van der Waals surface area contributed by atoms with E-state index in [1.165, 1.54) is 65.3 Å². The van der Waals surface area contributed by atoms with Crippen LogP contribution in [0.4, 0.5) is 5.69 Å². The van der Waals surface area contributed by atoms with Crippen LogP contribution in [0.1, 0.15) is 94.8 Å². The van der Waals surface area contributed by atoms with Crippen LogP contribution in [0.3, 0.4) is 0 Å². The van der Waals surface area contributed by atoms with Gasteiger partial charge >= 0.3 is 23.9 Å². The monoisotopic (exact) mass is 1520 g/mol. The zero-order valence-corrected chi connectivity index (χ0v) is 61.0. The van der Waals surface area contributed by atoms with Gasteiger partial charge in [0.25, 0.3) is 5.91 Å². The fourth-order valence-corrected chi connectivity index (χ4v) is 12.3. The van der Waals surface area contributed by atoms with Crippen LogP contribution in [0.15, 0.2) is 67.3 Å². The Balaban J connectivity index is 1.24. The molecule has 3 heterocycles. The minimum atomic E-state index is -1.60. The molecule has 584 valence electrons. The van der Waals surface area contributed by atoms with Crippen LogP contribution in [-0.4, -0.2) is 270 Å². The topological polar surface area (TPSA) is 581 Å². The Morgan fingerprint density at radius 3 is 1.75 bits per heavy atom. The molecule has 1 aliphatic rings. The van der Waals surface area contributed by atoms with Crippen molar-refractivity contribution in [2.45, 2.75) is 134 Å². The molecule has 5 rings (SSSR count). The Hall–Kier alpha value is -11.1. The highest BCUT2D eigenvalue weighted by molar-refractivity contribution is 7.98. The van der Waals surface area contributed by atoms with Gasteiger partial charge in [0, 0.05) is 97.6 Å². The molecule has 38 nitrogen and oxygen atoms in total. The number of thioether (sulfide) groups is 1. The summed E-state index contributed by atoms with van der Waals surface area (Å²) < 4.78 is 0. The standard InChI is InChI=1S/C68H96N18O20S/c1-37(2)23-48(65(104)79-46(60(70)99)18-22-107-6)81-66(105)50(25-43-27-71-36-75-43)78-54(90)29-74-67(106)59(38(3)4)83-61(100)39(5)76-64(103)49(24-41-26-72-45-10-8-7-9-44(41)45)82-63(102)47(15-16-51(69)87)80-62(101)40-11-13-42(14-12-40)77-53(89)28-73-52(88)17-19-68(86(32-57(95)96)33-58(97)98)34-84(30-55(91)92)20-21-85(35-68)31-56(93)94/h7-14,26-27,36-39,46-50,59,72H,15-25,28-35H2,1-6H3,(H2,69,87)(H2,70,99)(H,71,75)(H,73,88)(H,74,106)(H,76,103)(H,77,89)(H,78,90)(H,79,104)(H,80,101)(H,81,105)(H,82,102)(H,83,100)(H,91,92)(H,93,94)(H,95,96)(H,97,98)/t39?,46?,47?,48-,49-,50-,59-/m0/s1. The van der Waals surface area contributed by atoms with Crippen LogP contribution in [0.5, 0.6) is 0 Å². The summed E-state index contributed by atoms with van der Waals surface area (Å²) in [5.74, 6) is -15.6. The van der Waals surface area contributed by atoms with Gasteiger partial charge < -0.3 is 95.0 Å². The predicted molar refractivity (Wildman–Crippen MR) is 386 cm³/mol. The number of benzene rings is 2. The third-order valence-corrected chi connectivity index (χ3v) is 17.8. The minimum Gasteiger partial charge on any atom is -0.480 e. The SMILES string of the molecule is CSCCC(NC(=O)[C@H](CC(C)C)NC(=O)[C@H](Cc1cnc[nH]1)NC(=O)CNC(=O)[C@@H](NC(=O)C(C)NC(=O)[C@H](Cc1c[nH]c2ccccc12)NC(=O)C(CCC(N)=O)NC(=O)c1ccc(NC(=O)CNC(=O)CCC2(N(CC(=O)O)CC(=O)O)CN(CC(=O)O)CCN(CC(=O)O)C2)cc1)C(C)C)C(N)=O. The van der Waals surface area contributed by atoms with Crippen LogP contribution in [-0.2, 0) is 84.8 Å². The number of primary amides is 2. The van der Waals surface area contributed by atoms with Crippen molar-refractivity contribution in [3.63, 3.8) is 0 Å². The molecule has 2 aromatic carbocycles. The average Bonchev–Trinajstić information content (AvgIpc) is 1.79. The van der Waals surface area contributed by atoms with Crippen LogP contribution in [0.2, 0.25) is 0 Å². The number of carboxylic acids is 4. The van der Waals surface area contributed by atoms with Crippen molar-refractivity contribution in [1.82, 2.24) is 77.5 Å². The number of carbonyl (C=O) groups is 16. The number of carboxylic acid groups (broad SMARTS) is 4. The van der Waals surface area contributed by atoms with E-state index >= 15 is 0 Å². The van der Waals surface area contributed by atoms with Crippen molar-refractivity contribution in [3.8, 4) is 0 Å². The first kappa shape index (κ1) is 86.6. The Morgan fingerprint density at radius 2 is 1.18 bits per heavy atom. The number of carbonyl (C=O) groups excluding carboxylic acids is 12. The van der Waals surface area contributed by atoms with E-state index in [0.717, 1.165) is 4.90 Å². The van der Waals surface area contributed by atoms with E-state index in [9.17, 15) is 97.1 Å². The molecule has 7 atom stereocenters. The fraction of sp³-hybridized carbons (Fsp3) is 0.515. The first-order valence-electron chi connectivity index (χ1n) is 34.3. The van der Waals surface area contributed by atoms with E-state index in [4.69, 9.17) is 11.5 Å². The van der Waals surface area contributed by atoms with Gasteiger partial charge in [-0.1, -0.05) is 45.9 Å². The summed E-state index contributed by atoms with van der Waals surface area (Å²) in [5, 5.41) is 65.2. The number of hydrogen-bond donors (Lipinski definition) is 18. The lowest BCUT2D eigenvalue weighted by Gasteiger charge is -2.45. The Morgan fingerprint density at radius 1 is 0.598 bits per heavy atom. The number of para-hydroxylation sites is 1. The molecule has 2 aromatic heterocycles. The lowest BCUT2D eigenvalue weighted by atomic mass is 9.89. The zero-order valence-electron chi connectivity index (χ0n) is 60.2. The molecular formula is C68H96N18O20S. The summed E-state index contributed by atoms with van der Waals surface area (Å²) >= 11 is 1.44. The smallest absolute Gasteiger partial charge is 0.317 e. The van der Waals surface area contributed by atoms with Crippen molar-refractivity contribution >= 4 is 123 Å². The molecule has 1 saturated heterocycles. The van der Waals surface area contributed by atoms with E-state index in [1.54, 1.807) is 44.3 Å². The van der Waals surface area contributed by atoms with Crippen molar-refractivity contribution in [3.05, 3.63) is 84.1 Å². The number of hydrogen-bond acceptors (Lipinski definition) is 21. The largest absolute Gasteiger partial charge is 0.480 e. The van der Waals surface area contributed by atoms with Gasteiger partial charge in [0.2, 0.25) is 65.0 Å². The number of aromatic amines is 2. The molecule has 0 saturated carbocycles. The Bertz CT molecular complexity index is 3770. The van der Waals surface area contributed by atoms with E-state index in [-0.39, 0.29) is 81.9 Å². The number of rotatable bonds is 45. The molecular weight excluding hydrogens is 1420 g/mol. The lowest BCUT2D eigenvalue weighted by molar-refractivity contribution is -0.148. The van der Waals surface area contributed by atoms with E-state index in [0.29, 0.717) is 27.9 Å². The van der Waals surface area contributed by atoms with Crippen molar-refractivity contribution in [2.75, 3.05) is 82.8 Å². The van der Waals surface area contributed by atoms with Gasteiger partial charge in [0.05, 0.1) is 45.6 Å². The van der Waals surface area contributed by atoms with E-state index in [1.807, 2.05) is 20.1 Å². The van der Waals surface area contributed by atoms with Crippen molar-refractivity contribution in [1.29, 1.82) is 0 Å². The van der Waals surface area contributed by atoms with Gasteiger partial charge in [-0.25, -0.2) is 4.98 Å². The minimum absolute atomic E-state index is 0.00893. The highest BCUT2D eigenvalue weighted by atomic mass is 32.2. The van der Waals surface area contributed by atoms with Crippen LogP contribution in [0, 0.1) is 11.8 Å². The Kier molecular flexibility index (Phi) is 34.1. The normalized spacial score (nSPS) is 15.0. The zero-order chi connectivity index (χ0) is 79.2. The maximum Gasteiger partial charge on any atom is 0.317 e. The Labute approximate surface area is 619 Å². The van der Waals surface area contributed by atoms with Crippen LogP contribution >= 0.6 is 11.8 Å². The molecule has 0 radical (unpaired) electrons. The quantitative estimate of drug-likeness (QED) is 0.0205. The van der Waals surface area contributed by atoms with Crippen LogP contribution < -0.4 is 64.6 Å². The number of nitrogens with two attached hydrogens (primary N) is 2. The molecule has 4 aromatic rings. The molecule has 107 heavy (non-hydrogen) atoms. The van der Waals surface area contributed by atoms with E-state index in [2.05, 4.69) is 68.1 Å². The summed E-state index contributed by atoms with van der Waals surface area (Å²) in [6.45, 7) is 3.40. The van der Waals surface area contributed by atoms with Gasteiger partial charge in [-0.2, -0.15) is 11.8 Å². The summed E-state index contributed by atoms with van der Waals surface area (Å²) in [6, 6.07) is 2.93. The van der Waals surface area contributed by atoms with Gasteiger partial charge in [0.1, 0.15) is 42.3 Å². The summed E-state index contributed by atoms with van der Waals surface area (Å²) in [7, 11) is 0. The molecule has 1 fully saturated rings. The fourth-order valence-electron chi connectivity index (χ4n) is 11.8. The molecule has 3 unspecified atom stereocenters. The summed E-state index contributed by atoms with van der Waals surface area (Å²) in [6.07, 6.45) is 4.70. The lowest BCUT2D eigenvalue weighted by Crippen LogP contribution is -2.62. The van der Waals surface area contributed by atoms with Gasteiger partial charge in [-0.05, 0) is 92.3 Å². The maximum atomic E-state index is 14.5. The molecule has 0 bridgehead atoms. The molecule has 39 heteroatoms. The second-order valence-corrected chi connectivity index (χ2v) is 27.6. The number of anilines is 1. The van der Waals surface area contributed by atoms with Crippen molar-refractivity contribution in [2.24, 2.45) is 23.3 Å². The van der Waals surface area contributed by atoms with Gasteiger partial charge in [-0.15, -0.1) is 0 Å². The molecule has 1 aliphatic heterocycles. The summed E-state index contributed by atoms with van der Waals surface area (Å²) in [4.78, 5) is 224. The van der Waals surface area contributed by atoms with Crippen LogP contribution in [0.25, 0.3) is 10.9 Å². The highest BCUT2D eigenvalue weighted by Crippen LogP contribution is 2.28. The number of aliphatic carboxylic acids is 4. The third kappa shape index (κ3) is 29.1. The predicted octanol–water partition coefficient (Wildman–Crippen LogP) is -3.44. The maximum absolute atomic E-state index is 14.5. The number of nitrogens with zero attached hydrogens (tertiary/aromatic N) is 4. The second-order valence-electron chi connectivity index (χ2n) is 26.6. The van der Waals surface area contributed by atoms with Gasteiger partial charge in [0.15, 0.2) is 0 Å². The number of nitrogens with one attached hydrogen (secondary N) is 12. The molecule has 0 aliphatic carbocycles. The molecule has 12 amide bonds. The average molecular weight is 1520 g/mol. The van der Waals surface area contributed by atoms with Crippen molar-refractivity contribution < 1.29 is 97.1 Å². The number of imidazole rings is 1. The first-order chi connectivity index (χ1) is 50.5. The van der Waals surface area contributed by atoms with E-state index < -0.39 is 201 Å². The van der Waals surface area contributed by atoms with Gasteiger partial charge in [-0.3, -0.25) is 91.4 Å². The third-order valence-electron chi connectivity index (χ3n) is 17.2. The number of fused-ring (bicyclic) bond motifs is 1.